The highest BCUT2D eigenvalue weighted by Crippen LogP contribution is 2.47. The van der Waals surface area contributed by atoms with Gasteiger partial charge in [0.1, 0.15) is 0 Å². The molecular formula is C17H21N3O. The molecule has 0 saturated heterocycles. The Morgan fingerprint density at radius 2 is 2.10 bits per heavy atom. The molecule has 4 unspecified atom stereocenters. The standard InChI is InChI=1S/C17H21N3O/c1-9-6-12-8-13(4-5-14(12)19-9)20-17(21)15-10-2-3-11(7-10)16(15)18/h4-6,8,10-11,15-16,19H,2-3,7,18H2,1H3,(H,20,21). The number of nitrogens with two attached hydrogens (primary N) is 1. The predicted octanol–water partition coefficient (Wildman–Crippen LogP) is 2.79. The lowest BCUT2D eigenvalue weighted by Crippen LogP contribution is -2.42. The van der Waals surface area contributed by atoms with Crippen LogP contribution in [0.2, 0.25) is 0 Å². The van der Waals surface area contributed by atoms with Crippen molar-refractivity contribution in [2.45, 2.75) is 32.2 Å². The third-order valence-corrected chi connectivity index (χ3v) is 5.31. The van der Waals surface area contributed by atoms with Crippen LogP contribution in [0.3, 0.4) is 0 Å². The van der Waals surface area contributed by atoms with Crippen LogP contribution in [-0.2, 0) is 4.79 Å². The molecule has 2 saturated carbocycles. The van der Waals surface area contributed by atoms with Gasteiger partial charge in [0.25, 0.3) is 0 Å². The SMILES string of the molecule is Cc1cc2cc(NC(=O)C3C4CCC(C4)C3N)ccc2[nH]1. The Bertz CT molecular complexity index is 703. The molecular weight excluding hydrogens is 262 g/mol. The first kappa shape index (κ1) is 12.9. The van der Waals surface area contributed by atoms with Crippen LogP contribution in [0.15, 0.2) is 24.3 Å². The molecule has 0 spiro atoms. The highest BCUT2D eigenvalue weighted by atomic mass is 16.2. The first-order chi connectivity index (χ1) is 10.1. The van der Waals surface area contributed by atoms with Crippen LogP contribution in [0.5, 0.6) is 0 Å². The molecule has 2 fully saturated rings. The number of anilines is 1. The summed E-state index contributed by atoms with van der Waals surface area (Å²) in [6.07, 6.45) is 3.49. The maximum atomic E-state index is 12.6. The van der Waals surface area contributed by atoms with E-state index in [1.165, 1.54) is 6.42 Å². The maximum absolute atomic E-state index is 12.6. The number of benzene rings is 1. The van der Waals surface area contributed by atoms with Crippen LogP contribution in [0.1, 0.15) is 25.0 Å². The number of fused-ring (bicyclic) bond motifs is 3. The third-order valence-electron chi connectivity index (χ3n) is 5.31. The Balaban J connectivity index is 1.55. The number of carbonyl (C=O) groups is 1. The van der Waals surface area contributed by atoms with Crippen molar-refractivity contribution in [1.29, 1.82) is 0 Å². The van der Waals surface area contributed by atoms with E-state index in [2.05, 4.69) is 16.4 Å². The average molecular weight is 283 g/mol. The molecule has 4 atom stereocenters. The summed E-state index contributed by atoms with van der Waals surface area (Å²) in [7, 11) is 0. The van der Waals surface area contributed by atoms with Crippen LogP contribution in [-0.4, -0.2) is 16.9 Å². The van der Waals surface area contributed by atoms with Crippen LogP contribution < -0.4 is 11.1 Å². The molecule has 1 amide bonds. The monoisotopic (exact) mass is 283 g/mol. The van der Waals surface area contributed by atoms with Crippen LogP contribution in [0, 0.1) is 24.7 Å². The van der Waals surface area contributed by atoms with Gasteiger partial charge in [-0.15, -0.1) is 0 Å². The minimum atomic E-state index is -0.00703. The molecule has 4 heteroatoms. The van der Waals surface area contributed by atoms with E-state index in [4.69, 9.17) is 5.73 Å². The molecule has 2 bridgehead atoms. The Hall–Kier alpha value is -1.81. The first-order valence-corrected chi connectivity index (χ1v) is 7.77. The fourth-order valence-electron chi connectivity index (χ4n) is 4.31. The molecule has 1 heterocycles. The van der Waals surface area contributed by atoms with Gasteiger partial charge in [0.2, 0.25) is 5.91 Å². The lowest BCUT2D eigenvalue weighted by Gasteiger charge is -2.27. The van der Waals surface area contributed by atoms with Gasteiger partial charge < -0.3 is 16.0 Å². The number of aromatic amines is 1. The zero-order valence-corrected chi connectivity index (χ0v) is 12.2. The average Bonchev–Trinajstić information content (AvgIpc) is 3.10. The second-order valence-electron chi connectivity index (χ2n) is 6.68. The quantitative estimate of drug-likeness (QED) is 0.793. The first-order valence-electron chi connectivity index (χ1n) is 7.77. The van der Waals surface area contributed by atoms with Gasteiger partial charge in [-0.2, -0.15) is 0 Å². The zero-order valence-electron chi connectivity index (χ0n) is 12.2. The zero-order chi connectivity index (χ0) is 14.6. The van der Waals surface area contributed by atoms with Crippen LogP contribution >= 0.6 is 0 Å². The Kier molecular flexibility index (Phi) is 2.82. The van der Waals surface area contributed by atoms with Crippen molar-refractivity contribution in [3.05, 3.63) is 30.0 Å². The second-order valence-corrected chi connectivity index (χ2v) is 6.68. The molecule has 2 aliphatic carbocycles. The summed E-state index contributed by atoms with van der Waals surface area (Å²) in [5, 5.41) is 4.20. The van der Waals surface area contributed by atoms with Crippen molar-refractivity contribution in [2.24, 2.45) is 23.5 Å². The molecule has 4 N–H and O–H groups in total. The Labute approximate surface area is 124 Å². The molecule has 2 aromatic rings. The number of H-pyrrole nitrogens is 1. The van der Waals surface area contributed by atoms with Crippen molar-refractivity contribution in [3.8, 4) is 0 Å². The number of amides is 1. The van der Waals surface area contributed by atoms with Crippen LogP contribution in [0.25, 0.3) is 10.9 Å². The van der Waals surface area contributed by atoms with Gasteiger partial charge >= 0.3 is 0 Å². The summed E-state index contributed by atoms with van der Waals surface area (Å²) in [4.78, 5) is 15.8. The van der Waals surface area contributed by atoms with E-state index in [1.807, 2.05) is 25.1 Å². The molecule has 4 nitrogen and oxygen atoms in total. The second kappa shape index (κ2) is 4.60. The smallest absolute Gasteiger partial charge is 0.229 e. The van der Waals surface area contributed by atoms with E-state index >= 15 is 0 Å². The number of carbonyl (C=O) groups excluding carboxylic acids is 1. The molecule has 2 aliphatic rings. The lowest BCUT2D eigenvalue weighted by atomic mass is 9.84. The molecule has 0 radical (unpaired) electrons. The van der Waals surface area contributed by atoms with Gasteiger partial charge in [-0.1, -0.05) is 0 Å². The normalized spacial score (nSPS) is 31.0. The lowest BCUT2D eigenvalue weighted by molar-refractivity contribution is -0.121. The molecule has 21 heavy (non-hydrogen) atoms. The van der Waals surface area contributed by atoms with E-state index in [1.54, 1.807) is 0 Å². The van der Waals surface area contributed by atoms with E-state index in [0.717, 1.165) is 35.1 Å². The number of hydrogen-bond donors (Lipinski definition) is 3. The van der Waals surface area contributed by atoms with E-state index in [9.17, 15) is 4.79 Å². The number of rotatable bonds is 2. The number of nitrogens with one attached hydrogen (secondary N) is 2. The summed E-state index contributed by atoms with van der Waals surface area (Å²) in [6.45, 7) is 2.03. The highest BCUT2D eigenvalue weighted by Gasteiger charge is 2.49. The topological polar surface area (TPSA) is 70.9 Å². The molecule has 1 aromatic heterocycles. The van der Waals surface area contributed by atoms with E-state index in [-0.39, 0.29) is 17.9 Å². The van der Waals surface area contributed by atoms with Crippen LogP contribution in [0.4, 0.5) is 5.69 Å². The number of hydrogen-bond acceptors (Lipinski definition) is 2. The Morgan fingerprint density at radius 3 is 2.86 bits per heavy atom. The largest absolute Gasteiger partial charge is 0.359 e. The maximum Gasteiger partial charge on any atom is 0.229 e. The molecule has 110 valence electrons. The van der Waals surface area contributed by atoms with Gasteiger partial charge in [-0.25, -0.2) is 0 Å². The number of aromatic nitrogens is 1. The highest BCUT2D eigenvalue weighted by molar-refractivity contribution is 5.96. The summed E-state index contributed by atoms with van der Waals surface area (Å²) in [5.41, 5.74) is 9.34. The van der Waals surface area contributed by atoms with Gasteiger partial charge in [0.15, 0.2) is 0 Å². The minimum absolute atomic E-state index is 0.00703. The summed E-state index contributed by atoms with van der Waals surface area (Å²) in [6, 6.07) is 8.12. The fourth-order valence-corrected chi connectivity index (χ4v) is 4.31. The van der Waals surface area contributed by atoms with Crippen molar-refractivity contribution < 1.29 is 4.79 Å². The van der Waals surface area contributed by atoms with Crippen molar-refractivity contribution in [1.82, 2.24) is 4.98 Å². The summed E-state index contributed by atoms with van der Waals surface area (Å²) >= 11 is 0. The van der Waals surface area contributed by atoms with E-state index < -0.39 is 0 Å². The fraction of sp³-hybridized carbons (Fsp3) is 0.471. The minimum Gasteiger partial charge on any atom is -0.359 e. The molecule has 1 aromatic carbocycles. The Morgan fingerprint density at radius 1 is 1.29 bits per heavy atom. The number of aryl methyl sites for hydroxylation is 1. The van der Waals surface area contributed by atoms with Gasteiger partial charge in [0.05, 0.1) is 5.92 Å². The van der Waals surface area contributed by atoms with Crippen molar-refractivity contribution >= 4 is 22.5 Å². The summed E-state index contributed by atoms with van der Waals surface area (Å²) < 4.78 is 0. The summed E-state index contributed by atoms with van der Waals surface area (Å²) in [5.74, 6) is 1.14. The predicted molar refractivity (Wildman–Crippen MR) is 84.0 cm³/mol. The molecule has 4 rings (SSSR count). The van der Waals surface area contributed by atoms with Gasteiger partial charge in [-0.05, 0) is 62.3 Å². The van der Waals surface area contributed by atoms with Crippen molar-refractivity contribution in [2.75, 3.05) is 5.32 Å². The van der Waals surface area contributed by atoms with Gasteiger partial charge in [0, 0.05) is 28.3 Å². The van der Waals surface area contributed by atoms with Gasteiger partial charge in [-0.3, -0.25) is 4.79 Å². The molecule has 0 aliphatic heterocycles. The van der Waals surface area contributed by atoms with E-state index in [0.29, 0.717) is 11.8 Å². The third kappa shape index (κ3) is 2.05. The van der Waals surface area contributed by atoms with Crippen molar-refractivity contribution in [3.63, 3.8) is 0 Å².